The number of anilines is 1. The molecule has 9 nitrogen and oxygen atoms in total. The third-order valence-corrected chi connectivity index (χ3v) is 11.2. The molecule has 1 aromatic rings. The molecule has 3 rings (SSSR count). The van der Waals surface area contributed by atoms with E-state index >= 15 is 0 Å². The summed E-state index contributed by atoms with van der Waals surface area (Å²) in [4.78, 5) is 29.5. The molecular weight excluding hydrogens is 438 g/mol. The van der Waals surface area contributed by atoms with E-state index < -0.39 is 32.0 Å². The molecule has 10 heteroatoms. The molecule has 0 bridgehead atoms. The van der Waals surface area contributed by atoms with Crippen LogP contribution in [0.3, 0.4) is 0 Å². The van der Waals surface area contributed by atoms with Crippen molar-refractivity contribution in [3.63, 3.8) is 0 Å². The highest BCUT2D eigenvalue weighted by atomic mass is 28.4. The highest BCUT2D eigenvalue weighted by molar-refractivity contribution is 6.74. The lowest BCUT2D eigenvalue weighted by Gasteiger charge is -2.38. The molecule has 0 aromatic carbocycles. The quantitative estimate of drug-likeness (QED) is 0.615. The molecule has 2 amide bonds. The first-order valence-electron chi connectivity index (χ1n) is 11.5. The number of nitrogens with zero attached hydrogens (tertiary/aromatic N) is 5. The lowest BCUT2D eigenvalue weighted by atomic mass is 10.1. The summed E-state index contributed by atoms with van der Waals surface area (Å²) >= 11 is 0. The van der Waals surface area contributed by atoms with Gasteiger partial charge in [-0.2, -0.15) is 10.4 Å². The van der Waals surface area contributed by atoms with Crippen LogP contribution in [0.5, 0.6) is 0 Å². The van der Waals surface area contributed by atoms with Crippen molar-refractivity contribution in [2.24, 2.45) is 5.92 Å². The molecule has 0 N–H and O–H groups in total. The number of amides is 2. The van der Waals surface area contributed by atoms with Crippen molar-refractivity contribution in [1.29, 1.82) is 5.26 Å². The number of hydrogen-bond donors (Lipinski definition) is 0. The van der Waals surface area contributed by atoms with Crippen LogP contribution in [0.25, 0.3) is 0 Å². The Morgan fingerprint density at radius 3 is 2.39 bits per heavy atom. The van der Waals surface area contributed by atoms with Gasteiger partial charge in [-0.25, -0.2) is 4.79 Å². The van der Waals surface area contributed by atoms with Crippen LogP contribution < -0.4 is 4.90 Å². The van der Waals surface area contributed by atoms with Gasteiger partial charge in [0.1, 0.15) is 11.7 Å². The Bertz CT molecular complexity index is 969. The third-order valence-electron chi connectivity index (χ3n) is 6.78. The predicted octanol–water partition coefficient (Wildman–Crippen LogP) is 3.90. The summed E-state index contributed by atoms with van der Waals surface area (Å²) in [7, 11) is -2.26. The van der Waals surface area contributed by atoms with Crippen LogP contribution >= 0.6 is 0 Å². The van der Waals surface area contributed by atoms with E-state index in [9.17, 15) is 14.9 Å². The van der Waals surface area contributed by atoms with Crippen LogP contribution in [0.2, 0.25) is 18.1 Å². The van der Waals surface area contributed by atoms with Crippen molar-refractivity contribution < 1.29 is 18.8 Å². The number of nitriles is 1. The summed E-state index contributed by atoms with van der Waals surface area (Å²) in [5.74, 6) is -0.781. The number of aromatic nitrogens is 2. The highest BCUT2D eigenvalue weighted by Gasteiger charge is 2.49. The largest absolute Gasteiger partial charge is 0.444 e. The topological polar surface area (TPSA) is 101 Å². The van der Waals surface area contributed by atoms with E-state index in [0.29, 0.717) is 12.2 Å². The zero-order valence-corrected chi connectivity index (χ0v) is 22.3. The third kappa shape index (κ3) is 4.94. The van der Waals surface area contributed by atoms with E-state index in [2.05, 4.69) is 45.0 Å². The van der Waals surface area contributed by atoms with E-state index in [0.717, 1.165) is 5.69 Å². The van der Waals surface area contributed by atoms with Gasteiger partial charge >= 0.3 is 6.09 Å². The minimum atomic E-state index is -2.26. The molecule has 0 spiro atoms. The lowest BCUT2D eigenvalue weighted by molar-refractivity contribution is -0.124. The molecule has 1 fully saturated rings. The number of hydrogen-bond acceptors (Lipinski definition) is 6. The summed E-state index contributed by atoms with van der Waals surface area (Å²) < 4.78 is 13.8. The SMILES string of the molecule is C[C@H]1Cn2ncc(N3CC(C#N)C(O[Si](C)(C)C(C)(C)C)C3=O)c2CN1C(=O)OC(C)(C)C. The maximum atomic E-state index is 13.5. The molecule has 33 heavy (non-hydrogen) atoms. The van der Waals surface area contributed by atoms with Gasteiger partial charge in [-0.15, -0.1) is 0 Å². The van der Waals surface area contributed by atoms with E-state index in [1.54, 1.807) is 16.0 Å². The monoisotopic (exact) mass is 475 g/mol. The molecule has 1 saturated heterocycles. The molecular formula is C23H37N5O4Si. The number of carbonyl (C=O) groups is 2. The first kappa shape index (κ1) is 25.2. The Balaban J connectivity index is 1.87. The van der Waals surface area contributed by atoms with Gasteiger partial charge in [-0.1, -0.05) is 20.8 Å². The molecule has 0 radical (unpaired) electrons. The van der Waals surface area contributed by atoms with Crippen LogP contribution in [-0.2, 0) is 27.0 Å². The average Bonchev–Trinajstić information content (AvgIpc) is 3.19. The number of rotatable bonds is 3. The standard InChI is InChI=1S/C23H37N5O4Si/c1-15-12-28-18(14-26(15)21(30)31-22(2,3)4)17(11-25-28)27-13-16(10-24)19(20(27)29)32-33(8,9)23(5,6)7/h11,15-16,19H,12-14H2,1-9H3/t15-,16?,19?/m0/s1. The maximum absolute atomic E-state index is 13.5. The van der Waals surface area contributed by atoms with Crippen LogP contribution in [-0.4, -0.2) is 59.3 Å². The van der Waals surface area contributed by atoms with Gasteiger partial charge in [-0.05, 0) is 45.8 Å². The van der Waals surface area contributed by atoms with E-state index in [1.807, 2.05) is 32.4 Å². The van der Waals surface area contributed by atoms with Crippen molar-refractivity contribution in [3.8, 4) is 6.07 Å². The number of carbonyl (C=O) groups excluding carboxylic acids is 2. The first-order chi connectivity index (χ1) is 15.1. The molecule has 182 valence electrons. The van der Waals surface area contributed by atoms with Crippen LogP contribution in [0.1, 0.15) is 54.2 Å². The number of ether oxygens (including phenoxy) is 1. The van der Waals surface area contributed by atoms with E-state index in [-0.39, 0.29) is 30.1 Å². The van der Waals surface area contributed by atoms with Crippen molar-refractivity contribution >= 4 is 26.0 Å². The Hall–Kier alpha value is -2.38. The van der Waals surface area contributed by atoms with Gasteiger partial charge in [0.2, 0.25) is 0 Å². The molecule has 2 aliphatic rings. The summed E-state index contributed by atoms with van der Waals surface area (Å²) in [5, 5.41) is 14.2. The molecule has 0 aliphatic carbocycles. The van der Waals surface area contributed by atoms with Crippen molar-refractivity contribution in [2.45, 2.75) is 97.4 Å². The zero-order valence-electron chi connectivity index (χ0n) is 21.3. The summed E-state index contributed by atoms with van der Waals surface area (Å²) in [5.41, 5.74) is 0.787. The normalized spacial score (nSPS) is 24.0. The molecule has 3 atom stereocenters. The van der Waals surface area contributed by atoms with Crippen LogP contribution in [0.15, 0.2) is 6.20 Å². The van der Waals surface area contributed by atoms with Gasteiger partial charge in [0.05, 0.1) is 48.7 Å². The highest BCUT2D eigenvalue weighted by Crippen LogP contribution is 2.40. The Morgan fingerprint density at radius 2 is 1.85 bits per heavy atom. The fourth-order valence-corrected chi connectivity index (χ4v) is 5.09. The van der Waals surface area contributed by atoms with E-state index in [4.69, 9.17) is 9.16 Å². The molecule has 0 saturated carbocycles. The Kier molecular flexibility index (Phi) is 6.45. The summed E-state index contributed by atoms with van der Waals surface area (Å²) in [6, 6.07) is 2.17. The smallest absolute Gasteiger partial charge is 0.410 e. The van der Waals surface area contributed by atoms with Gasteiger partial charge in [-0.3, -0.25) is 14.4 Å². The molecule has 2 unspecified atom stereocenters. The minimum absolute atomic E-state index is 0.0817. The van der Waals surface area contributed by atoms with Crippen LogP contribution in [0.4, 0.5) is 10.5 Å². The predicted molar refractivity (Wildman–Crippen MR) is 127 cm³/mol. The zero-order chi connectivity index (χ0) is 24.9. The second-order valence-corrected chi connectivity index (χ2v) is 16.4. The van der Waals surface area contributed by atoms with E-state index in [1.165, 1.54) is 0 Å². The summed E-state index contributed by atoms with van der Waals surface area (Å²) in [6.07, 6.45) is 0.466. The van der Waals surface area contributed by atoms with Crippen LogP contribution in [0, 0.1) is 17.2 Å². The minimum Gasteiger partial charge on any atom is -0.444 e. The van der Waals surface area contributed by atoms with Gasteiger partial charge in [0.15, 0.2) is 8.32 Å². The fourth-order valence-electron chi connectivity index (χ4n) is 3.84. The van der Waals surface area contributed by atoms with Crippen molar-refractivity contribution in [3.05, 3.63) is 11.9 Å². The molecule has 3 heterocycles. The Labute approximate surface area is 197 Å². The lowest BCUT2D eigenvalue weighted by Crippen LogP contribution is -2.48. The fraction of sp³-hybridized carbons (Fsp3) is 0.739. The Morgan fingerprint density at radius 1 is 1.21 bits per heavy atom. The molecule has 1 aromatic heterocycles. The maximum Gasteiger partial charge on any atom is 0.410 e. The molecule has 2 aliphatic heterocycles. The summed E-state index contributed by atoms with van der Waals surface area (Å²) in [6.45, 7) is 19.0. The van der Waals surface area contributed by atoms with Gasteiger partial charge < -0.3 is 14.1 Å². The second kappa shape index (κ2) is 8.44. The van der Waals surface area contributed by atoms with Gasteiger partial charge in [0, 0.05) is 6.54 Å². The van der Waals surface area contributed by atoms with Crippen molar-refractivity contribution in [1.82, 2.24) is 14.7 Å². The second-order valence-electron chi connectivity index (χ2n) is 11.6. The van der Waals surface area contributed by atoms with Crippen molar-refractivity contribution in [2.75, 3.05) is 11.4 Å². The van der Waals surface area contributed by atoms with Gasteiger partial charge in [0.25, 0.3) is 5.91 Å². The average molecular weight is 476 g/mol. The first-order valence-corrected chi connectivity index (χ1v) is 14.4. The number of fused-ring (bicyclic) bond motifs is 1.